The minimum atomic E-state index is -4.31. The Morgan fingerprint density at radius 1 is 1.23 bits per heavy atom. The van der Waals surface area contributed by atoms with E-state index in [1.165, 1.54) is 18.5 Å². The number of morpholine rings is 1. The molecule has 0 N–H and O–H groups in total. The van der Waals surface area contributed by atoms with E-state index in [9.17, 15) is 13.2 Å². The Morgan fingerprint density at radius 3 is 2.64 bits per heavy atom. The van der Waals surface area contributed by atoms with Crippen LogP contribution in [0.5, 0.6) is 0 Å². The average molecular weight is 313 g/mol. The van der Waals surface area contributed by atoms with Gasteiger partial charge in [0.05, 0.1) is 24.8 Å². The van der Waals surface area contributed by atoms with Gasteiger partial charge in [0.1, 0.15) is 0 Å². The maximum absolute atomic E-state index is 12.6. The van der Waals surface area contributed by atoms with Crippen molar-refractivity contribution in [2.75, 3.05) is 19.8 Å². The molecule has 0 amide bonds. The summed E-state index contributed by atoms with van der Waals surface area (Å²) >= 11 is 0. The Hall–Kier alpha value is -1.93. The highest BCUT2D eigenvalue weighted by Gasteiger charge is 2.31. The molecule has 2 heterocycles. The molecular formula is C14H14F3N3O2. The molecule has 1 saturated heterocycles. The van der Waals surface area contributed by atoms with Gasteiger partial charge in [0.25, 0.3) is 0 Å². The fraction of sp³-hybridized carbons (Fsp3) is 0.429. The molecule has 0 aliphatic carbocycles. The zero-order valence-electron chi connectivity index (χ0n) is 11.6. The van der Waals surface area contributed by atoms with Crippen LogP contribution in [0, 0.1) is 0 Å². The topological polar surface area (TPSA) is 51.4 Å². The fourth-order valence-corrected chi connectivity index (χ4v) is 2.42. The van der Waals surface area contributed by atoms with Crippen LogP contribution < -0.4 is 0 Å². The molecule has 118 valence electrons. The third-order valence-corrected chi connectivity index (χ3v) is 3.58. The highest BCUT2D eigenvalue weighted by atomic mass is 19.4. The Balaban J connectivity index is 1.73. The third kappa shape index (κ3) is 3.28. The number of ether oxygens (including phenoxy) is 1. The van der Waals surface area contributed by atoms with Gasteiger partial charge in [-0.25, -0.2) is 0 Å². The Labute approximate surface area is 124 Å². The molecule has 22 heavy (non-hydrogen) atoms. The molecular weight excluding hydrogens is 299 g/mol. The number of halogens is 3. The van der Waals surface area contributed by atoms with Crippen molar-refractivity contribution in [3.63, 3.8) is 0 Å². The van der Waals surface area contributed by atoms with Crippen LogP contribution in [0.1, 0.15) is 23.0 Å². The number of hydrogen-bond acceptors (Lipinski definition) is 5. The van der Waals surface area contributed by atoms with Crippen molar-refractivity contribution in [2.45, 2.75) is 18.8 Å². The van der Waals surface area contributed by atoms with Gasteiger partial charge >= 0.3 is 6.18 Å². The monoisotopic (exact) mass is 313 g/mol. The van der Waals surface area contributed by atoms with E-state index >= 15 is 0 Å². The summed E-state index contributed by atoms with van der Waals surface area (Å²) < 4.78 is 47.9. The first kappa shape index (κ1) is 15.0. The van der Waals surface area contributed by atoms with Gasteiger partial charge in [0.15, 0.2) is 5.82 Å². The number of rotatable bonds is 3. The van der Waals surface area contributed by atoms with Crippen LogP contribution in [0.3, 0.4) is 0 Å². The lowest BCUT2D eigenvalue weighted by Gasteiger charge is -2.33. The van der Waals surface area contributed by atoms with Crippen molar-refractivity contribution < 1.29 is 22.4 Å². The number of benzene rings is 1. The van der Waals surface area contributed by atoms with E-state index in [0.29, 0.717) is 32.1 Å². The Kier molecular flexibility index (Phi) is 4.12. The van der Waals surface area contributed by atoms with Gasteiger partial charge in [-0.2, -0.15) is 18.2 Å². The molecule has 3 rings (SSSR count). The molecule has 1 unspecified atom stereocenters. The van der Waals surface area contributed by atoms with E-state index in [1.807, 2.05) is 0 Å². The highest BCUT2D eigenvalue weighted by molar-refractivity contribution is 5.24. The lowest BCUT2D eigenvalue weighted by Crippen LogP contribution is -2.39. The summed E-state index contributed by atoms with van der Waals surface area (Å²) in [5, 5.41) is 3.82. The second kappa shape index (κ2) is 6.05. The zero-order valence-corrected chi connectivity index (χ0v) is 11.6. The highest BCUT2D eigenvalue weighted by Crippen LogP contribution is 2.30. The first-order valence-corrected chi connectivity index (χ1v) is 6.78. The molecule has 1 aromatic carbocycles. The summed E-state index contributed by atoms with van der Waals surface area (Å²) in [6.45, 7) is 2.15. The van der Waals surface area contributed by atoms with E-state index in [2.05, 4.69) is 15.0 Å². The summed E-state index contributed by atoms with van der Waals surface area (Å²) in [6, 6.07) is 5.02. The van der Waals surface area contributed by atoms with Crippen LogP contribution in [0.15, 0.2) is 35.2 Å². The van der Waals surface area contributed by atoms with Crippen molar-refractivity contribution in [3.05, 3.63) is 47.6 Å². The van der Waals surface area contributed by atoms with Crippen molar-refractivity contribution >= 4 is 0 Å². The van der Waals surface area contributed by atoms with Crippen molar-refractivity contribution in [1.29, 1.82) is 0 Å². The first-order valence-electron chi connectivity index (χ1n) is 6.78. The van der Waals surface area contributed by atoms with E-state index in [-0.39, 0.29) is 6.04 Å². The van der Waals surface area contributed by atoms with Gasteiger partial charge < -0.3 is 9.26 Å². The van der Waals surface area contributed by atoms with Crippen LogP contribution in [-0.4, -0.2) is 34.8 Å². The van der Waals surface area contributed by atoms with Gasteiger partial charge in [0.2, 0.25) is 6.39 Å². The second-order valence-corrected chi connectivity index (χ2v) is 5.05. The summed E-state index contributed by atoms with van der Waals surface area (Å²) in [7, 11) is 0. The molecule has 1 fully saturated rings. The van der Waals surface area contributed by atoms with Crippen molar-refractivity contribution in [1.82, 2.24) is 15.0 Å². The Bertz CT molecular complexity index is 599. The third-order valence-electron chi connectivity index (χ3n) is 3.58. The molecule has 8 heteroatoms. The maximum atomic E-state index is 12.6. The van der Waals surface area contributed by atoms with E-state index in [0.717, 1.165) is 17.7 Å². The van der Waals surface area contributed by atoms with Crippen LogP contribution in [0.2, 0.25) is 0 Å². The van der Waals surface area contributed by atoms with Crippen molar-refractivity contribution in [2.24, 2.45) is 0 Å². The molecule has 1 atom stereocenters. The molecule has 2 aromatic rings. The van der Waals surface area contributed by atoms with Gasteiger partial charge in [-0.05, 0) is 17.7 Å². The molecule has 1 aliphatic heterocycles. The quantitative estimate of drug-likeness (QED) is 0.872. The number of alkyl halides is 3. The predicted octanol–water partition coefficient (Wildman–Crippen LogP) is 2.66. The summed E-state index contributed by atoms with van der Waals surface area (Å²) in [5.74, 6) is 0.520. The minimum absolute atomic E-state index is 0.158. The standard InChI is InChI=1S/C14H14F3N3O2/c15-14(16,17)11-3-1-10(2-4-11)7-20-5-6-21-8-12(20)13-18-9-22-19-13/h1-4,9,12H,5-8H2. The van der Waals surface area contributed by atoms with E-state index < -0.39 is 11.7 Å². The lowest BCUT2D eigenvalue weighted by atomic mass is 10.1. The minimum Gasteiger partial charge on any atom is -0.378 e. The zero-order chi connectivity index (χ0) is 15.6. The van der Waals surface area contributed by atoms with Crippen LogP contribution >= 0.6 is 0 Å². The average Bonchev–Trinajstić information content (AvgIpc) is 3.01. The van der Waals surface area contributed by atoms with Gasteiger partial charge in [0, 0.05) is 13.1 Å². The molecule has 1 aromatic heterocycles. The fourth-order valence-electron chi connectivity index (χ4n) is 2.42. The normalized spacial score (nSPS) is 20.2. The molecule has 0 spiro atoms. The number of hydrogen-bond donors (Lipinski definition) is 0. The van der Waals surface area contributed by atoms with Gasteiger partial charge in [-0.1, -0.05) is 17.3 Å². The molecule has 1 aliphatic rings. The summed E-state index contributed by atoms with van der Waals surface area (Å²) in [6.07, 6.45) is -3.06. The van der Waals surface area contributed by atoms with Crippen LogP contribution in [0.25, 0.3) is 0 Å². The van der Waals surface area contributed by atoms with Crippen molar-refractivity contribution in [3.8, 4) is 0 Å². The molecule has 5 nitrogen and oxygen atoms in total. The number of aromatic nitrogens is 2. The smallest absolute Gasteiger partial charge is 0.378 e. The maximum Gasteiger partial charge on any atom is 0.416 e. The first-order chi connectivity index (χ1) is 10.5. The van der Waals surface area contributed by atoms with Crippen LogP contribution in [-0.2, 0) is 17.5 Å². The SMILES string of the molecule is FC(F)(F)c1ccc(CN2CCOCC2c2ncon2)cc1. The van der Waals surface area contributed by atoms with E-state index in [1.54, 1.807) is 0 Å². The second-order valence-electron chi connectivity index (χ2n) is 5.05. The largest absolute Gasteiger partial charge is 0.416 e. The molecule has 0 radical (unpaired) electrons. The molecule has 0 bridgehead atoms. The predicted molar refractivity (Wildman–Crippen MR) is 69.7 cm³/mol. The molecule has 0 saturated carbocycles. The lowest BCUT2D eigenvalue weighted by molar-refractivity contribution is -0.137. The Morgan fingerprint density at radius 2 is 2.00 bits per heavy atom. The van der Waals surface area contributed by atoms with Gasteiger partial charge in [-0.3, -0.25) is 4.90 Å². The van der Waals surface area contributed by atoms with E-state index in [4.69, 9.17) is 9.26 Å². The van der Waals surface area contributed by atoms with Gasteiger partial charge in [-0.15, -0.1) is 0 Å². The summed E-state index contributed by atoms with van der Waals surface area (Å²) in [4.78, 5) is 6.10. The van der Waals surface area contributed by atoms with Crippen LogP contribution in [0.4, 0.5) is 13.2 Å². The summed E-state index contributed by atoms with van der Waals surface area (Å²) in [5.41, 5.74) is 0.149. The number of nitrogens with zero attached hydrogens (tertiary/aromatic N) is 3.